The standard InChI is InChI=1S/C14H18F2N2O3S/c1-18(7-10-2-3-11(15)6-13(10)16)8-14(19)17-12-4-5-22(20,21)9-12/h2-3,6,12H,4-5,7-9H2,1H3,(H,17,19)/t12-/m1/s1. The Labute approximate surface area is 128 Å². The van der Waals surface area contributed by atoms with E-state index in [1.807, 2.05) is 0 Å². The molecule has 1 N–H and O–H groups in total. The number of sulfone groups is 1. The summed E-state index contributed by atoms with van der Waals surface area (Å²) >= 11 is 0. The molecule has 1 heterocycles. The first-order chi connectivity index (χ1) is 10.2. The predicted molar refractivity (Wildman–Crippen MR) is 77.9 cm³/mol. The van der Waals surface area contributed by atoms with Gasteiger partial charge in [-0.25, -0.2) is 17.2 Å². The minimum atomic E-state index is -3.04. The lowest BCUT2D eigenvalue weighted by Gasteiger charge is -2.18. The highest BCUT2D eigenvalue weighted by Gasteiger charge is 2.28. The van der Waals surface area contributed by atoms with Gasteiger partial charge in [-0.05, 0) is 19.5 Å². The Morgan fingerprint density at radius 3 is 2.73 bits per heavy atom. The van der Waals surface area contributed by atoms with Crippen LogP contribution in [-0.4, -0.2) is 50.4 Å². The molecule has 0 unspecified atom stereocenters. The number of hydrogen-bond acceptors (Lipinski definition) is 4. The molecule has 0 aliphatic carbocycles. The summed E-state index contributed by atoms with van der Waals surface area (Å²) < 4.78 is 49.0. The van der Waals surface area contributed by atoms with E-state index < -0.39 is 21.5 Å². The number of amides is 1. The van der Waals surface area contributed by atoms with Crippen LogP contribution in [0.3, 0.4) is 0 Å². The van der Waals surface area contributed by atoms with Crippen LogP contribution in [0, 0.1) is 11.6 Å². The van der Waals surface area contributed by atoms with Crippen molar-refractivity contribution in [3.8, 4) is 0 Å². The molecule has 1 atom stereocenters. The first-order valence-electron chi connectivity index (χ1n) is 6.87. The van der Waals surface area contributed by atoms with Gasteiger partial charge in [0, 0.05) is 24.2 Å². The summed E-state index contributed by atoms with van der Waals surface area (Å²) in [5.41, 5.74) is 0.292. The second-order valence-corrected chi connectivity index (χ2v) is 7.80. The van der Waals surface area contributed by atoms with Crippen LogP contribution in [0.15, 0.2) is 18.2 Å². The van der Waals surface area contributed by atoms with Crippen LogP contribution < -0.4 is 5.32 Å². The van der Waals surface area contributed by atoms with E-state index in [9.17, 15) is 22.0 Å². The zero-order chi connectivity index (χ0) is 16.3. The van der Waals surface area contributed by atoms with E-state index in [-0.39, 0.29) is 36.5 Å². The van der Waals surface area contributed by atoms with Gasteiger partial charge in [0.25, 0.3) is 0 Å². The van der Waals surface area contributed by atoms with Crippen LogP contribution in [0.4, 0.5) is 8.78 Å². The Bertz CT molecular complexity index is 664. The molecule has 5 nitrogen and oxygen atoms in total. The smallest absolute Gasteiger partial charge is 0.234 e. The van der Waals surface area contributed by atoms with Crippen LogP contribution in [0.1, 0.15) is 12.0 Å². The van der Waals surface area contributed by atoms with Gasteiger partial charge < -0.3 is 5.32 Å². The molecule has 1 fully saturated rings. The average molecular weight is 332 g/mol. The molecule has 122 valence electrons. The van der Waals surface area contributed by atoms with E-state index in [0.717, 1.165) is 12.1 Å². The molecule has 0 spiro atoms. The number of hydrogen-bond donors (Lipinski definition) is 1. The van der Waals surface area contributed by atoms with E-state index in [0.29, 0.717) is 12.0 Å². The van der Waals surface area contributed by atoms with Gasteiger partial charge in [-0.2, -0.15) is 0 Å². The number of nitrogens with one attached hydrogen (secondary N) is 1. The van der Waals surface area contributed by atoms with Gasteiger partial charge in [0.1, 0.15) is 11.6 Å². The predicted octanol–water partition coefficient (Wildman–Crippen LogP) is 0.700. The molecule has 0 bridgehead atoms. The molecule has 1 aromatic carbocycles. The van der Waals surface area contributed by atoms with Crippen molar-refractivity contribution in [1.82, 2.24) is 10.2 Å². The summed E-state index contributed by atoms with van der Waals surface area (Å²) in [5.74, 6) is -1.56. The van der Waals surface area contributed by atoms with Gasteiger partial charge in [-0.1, -0.05) is 6.07 Å². The summed E-state index contributed by atoms with van der Waals surface area (Å²) in [4.78, 5) is 13.4. The molecule has 22 heavy (non-hydrogen) atoms. The van der Waals surface area contributed by atoms with E-state index in [4.69, 9.17) is 0 Å². The van der Waals surface area contributed by atoms with E-state index in [1.54, 1.807) is 11.9 Å². The Hall–Kier alpha value is -1.54. The van der Waals surface area contributed by atoms with Crippen LogP contribution in [0.25, 0.3) is 0 Å². The van der Waals surface area contributed by atoms with E-state index >= 15 is 0 Å². The second kappa shape index (κ2) is 6.70. The maximum absolute atomic E-state index is 13.5. The highest BCUT2D eigenvalue weighted by atomic mass is 32.2. The Morgan fingerprint density at radius 1 is 1.41 bits per heavy atom. The molecule has 1 aliphatic heterocycles. The van der Waals surface area contributed by atoms with Crippen LogP contribution in [0.5, 0.6) is 0 Å². The van der Waals surface area contributed by atoms with Crippen molar-refractivity contribution in [2.75, 3.05) is 25.1 Å². The summed E-state index contributed by atoms with van der Waals surface area (Å²) in [6.45, 7) is 0.163. The first kappa shape index (κ1) is 16.8. The van der Waals surface area contributed by atoms with E-state index in [2.05, 4.69) is 5.32 Å². The van der Waals surface area contributed by atoms with Crippen molar-refractivity contribution in [3.05, 3.63) is 35.4 Å². The number of carbonyl (C=O) groups excluding carboxylic acids is 1. The molecular weight excluding hydrogens is 314 g/mol. The van der Waals surface area contributed by atoms with Gasteiger partial charge in [0.2, 0.25) is 5.91 Å². The SMILES string of the molecule is CN(CC(=O)N[C@@H]1CCS(=O)(=O)C1)Cc1ccc(F)cc1F. The molecule has 0 radical (unpaired) electrons. The fourth-order valence-electron chi connectivity index (χ4n) is 2.42. The van der Waals surface area contributed by atoms with Gasteiger partial charge >= 0.3 is 0 Å². The topological polar surface area (TPSA) is 66.5 Å². The quantitative estimate of drug-likeness (QED) is 0.862. The lowest BCUT2D eigenvalue weighted by atomic mass is 10.2. The van der Waals surface area contributed by atoms with Crippen molar-refractivity contribution in [2.24, 2.45) is 0 Å². The third-order valence-corrected chi connectivity index (χ3v) is 5.23. The number of rotatable bonds is 5. The highest BCUT2D eigenvalue weighted by molar-refractivity contribution is 7.91. The molecule has 8 heteroatoms. The molecule has 2 rings (SSSR count). The Kier molecular flexibility index (Phi) is 5.12. The number of carbonyl (C=O) groups is 1. The Morgan fingerprint density at radius 2 is 2.14 bits per heavy atom. The number of benzene rings is 1. The first-order valence-corrected chi connectivity index (χ1v) is 8.69. The Balaban J connectivity index is 1.84. The summed E-state index contributed by atoms with van der Waals surface area (Å²) in [5, 5.41) is 2.66. The zero-order valence-electron chi connectivity index (χ0n) is 12.2. The van der Waals surface area contributed by atoms with Crippen molar-refractivity contribution in [3.63, 3.8) is 0 Å². The number of halogens is 2. The van der Waals surface area contributed by atoms with Crippen molar-refractivity contribution in [1.29, 1.82) is 0 Å². The third kappa shape index (κ3) is 4.74. The minimum absolute atomic E-state index is 0.00731. The largest absolute Gasteiger partial charge is 0.351 e. The normalized spacial score (nSPS) is 20.3. The van der Waals surface area contributed by atoms with Crippen LogP contribution in [-0.2, 0) is 21.2 Å². The molecule has 0 aromatic heterocycles. The van der Waals surface area contributed by atoms with Crippen molar-refractivity contribution >= 4 is 15.7 Å². The maximum atomic E-state index is 13.5. The van der Waals surface area contributed by atoms with E-state index in [1.165, 1.54) is 6.07 Å². The summed E-state index contributed by atoms with van der Waals surface area (Å²) in [6, 6.07) is 2.94. The molecule has 1 saturated heterocycles. The monoisotopic (exact) mass is 332 g/mol. The fourth-order valence-corrected chi connectivity index (χ4v) is 4.10. The van der Waals surface area contributed by atoms with Gasteiger partial charge in [-0.3, -0.25) is 9.69 Å². The minimum Gasteiger partial charge on any atom is -0.351 e. The number of nitrogens with zero attached hydrogens (tertiary/aromatic N) is 1. The highest BCUT2D eigenvalue weighted by Crippen LogP contribution is 2.12. The lowest BCUT2D eigenvalue weighted by molar-refractivity contribution is -0.122. The van der Waals surface area contributed by atoms with Crippen LogP contribution >= 0.6 is 0 Å². The average Bonchev–Trinajstić information content (AvgIpc) is 2.71. The second-order valence-electron chi connectivity index (χ2n) is 5.58. The molecule has 1 aromatic rings. The van der Waals surface area contributed by atoms with Crippen molar-refractivity contribution < 1.29 is 22.0 Å². The fraction of sp³-hybridized carbons (Fsp3) is 0.500. The summed E-state index contributed by atoms with van der Waals surface area (Å²) in [6.07, 6.45) is 0.421. The molecular formula is C14H18F2N2O3S. The zero-order valence-corrected chi connectivity index (χ0v) is 13.0. The third-order valence-electron chi connectivity index (χ3n) is 3.47. The summed E-state index contributed by atoms with van der Waals surface area (Å²) in [7, 11) is -1.41. The molecule has 1 amide bonds. The molecule has 1 aliphatic rings. The lowest BCUT2D eigenvalue weighted by Crippen LogP contribution is -2.41. The van der Waals surface area contributed by atoms with Crippen LogP contribution in [0.2, 0.25) is 0 Å². The van der Waals surface area contributed by atoms with Gasteiger partial charge in [0.05, 0.1) is 18.1 Å². The maximum Gasteiger partial charge on any atom is 0.234 e. The van der Waals surface area contributed by atoms with Gasteiger partial charge in [0.15, 0.2) is 9.84 Å². The van der Waals surface area contributed by atoms with Gasteiger partial charge in [-0.15, -0.1) is 0 Å². The number of likely N-dealkylation sites (N-methyl/N-ethyl adjacent to an activating group) is 1. The molecule has 0 saturated carbocycles. The van der Waals surface area contributed by atoms with Crippen molar-refractivity contribution in [2.45, 2.75) is 19.0 Å².